The van der Waals surface area contributed by atoms with E-state index >= 15 is 0 Å². The fourth-order valence-corrected chi connectivity index (χ4v) is 5.38. The van der Waals surface area contributed by atoms with Crippen molar-refractivity contribution < 1.29 is 19.5 Å². The van der Waals surface area contributed by atoms with E-state index < -0.39 is 12.0 Å². The number of carbonyl (C=O) groups is 3. The first kappa shape index (κ1) is 39.4. The molecule has 0 aliphatic rings. The molecule has 0 spiro atoms. The summed E-state index contributed by atoms with van der Waals surface area (Å²) in [6, 6.07) is -1.07. The molecule has 0 rings (SSSR count). The molecule has 242 valence electrons. The smallest absolute Gasteiger partial charge is 0.328 e. The Morgan fingerprint density at radius 2 is 0.756 bits per heavy atom. The molecule has 0 saturated heterocycles. The van der Waals surface area contributed by atoms with Crippen molar-refractivity contribution >= 4 is 17.8 Å². The third-order valence-corrected chi connectivity index (χ3v) is 8.15. The molecule has 0 aromatic carbocycles. The van der Waals surface area contributed by atoms with Crippen LogP contribution in [0.4, 0.5) is 0 Å². The number of rotatable bonds is 32. The Labute approximate surface area is 254 Å². The maximum Gasteiger partial charge on any atom is 0.328 e. The van der Waals surface area contributed by atoms with Crippen LogP contribution in [-0.4, -0.2) is 35.5 Å². The van der Waals surface area contributed by atoms with Gasteiger partial charge in [-0.2, -0.15) is 0 Å². The number of hydrogen-bond acceptors (Lipinski definition) is 3. The van der Waals surface area contributed by atoms with Gasteiger partial charge in [-0.1, -0.05) is 168 Å². The molecule has 0 fully saturated rings. The highest BCUT2D eigenvalue weighted by Crippen LogP contribution is 2.14. The summed E-state index contributed by atoms with van der Waals surface area (Å²) in [5.41, 5.74) is 0. The second-order valence-electron chi connectivity index (χ2n) is 12.2. The van der Waals surface area contributed by atoms with E-state index in [0.717, 1.165) is 38.5 Å². The zero-order valence-electron chi connectivity index (χ0n) is 27.3. The van der Waals surface area contributed by atoms with Crippen molar-refractivity contribution in [1.29, 1.82) is 0 Å². The number of amides is 2. The third-order valence-electron chi connectivity index (χ3n) is 8.15. The van der Waals surface area contributed by atoms with E-state index in [1.165, 1.54) is 128 Å². The lowest BCUT2D eigenvalue weighted by Gasteiger charge is -2.15. The maximum absolute atomic E-state index is 12.2. The summed E-state index contributed by atoms with van der Waals surface area (Å²) in [5, 5.41) is 14.7. The van der Waals surface area contributed by atoms with Crippen LogP contribution in [0.1, 0.15) is 194 Å². The van der Waals surface area contributed by atoms with Gasteiger partial charge in [-0.25, -0.2) is 4.79 Å². The Kier molecular flexibility index (Phi) is 30.1. The minimum Gasteiger partial charge on any atom is -0.480 e. The predicted octanol–water partition coefficient (Wildman–Crippen LogP) is 9.63. The molecule has 3 N–H and O–H groups in total. The number of carboxylic acid groups (broad SMARTS) is 1. The average Bonchev–Trinajstić information content (AvgIpc) is 2.95. The van der Waals surface area contributed by atoms with Crippen molar-refractivity contribution in [3.05, 3.63) is 0 Å². The summed E-state index contributed by atoms with van der Waals surface area (Å²) in [6.07, 6.45) is 33.3. The number of unbranched alkanes of at least 4 members (excludes halogenated alkanes) is 24. The molecule has 0 aromatic rings. The van der Waals surface area contributed by atoms with Crippen LogP contribution in [0.3, 0.4) is 0 Å². The third kappa shape index (κ3) is 29.7. The van der Waals surface area contributed by atoms with Gasteiger partial charge in [0.25, 0.3) is 0 Å². The molecule has 0 aromatic heterocycles. The van der Waals surface area contributed by atoms with Gasteiger partial charge in [0.1, 0.15) is 6.04 Å². The van der Waals surface area contributed by atoms with Crippen molar-refractivity contribution in [3.8, 4) is 0 Å². The van der Waals surface area contributed by atoms with Gasteiger partial charge in [0, 0.05) is 19.4 Å². The van der Waals surface area contributed by atoms with Crippen molar-refractivity contribution in [2.24, 2.45) is 0 Å². The van der Waals surface area contributed by atoms with Gasteiger partial charge < -0.3 is 15.7 Å². The lowest BCUT2D eigenvalue weighted by molar-refractivity contribution is -0.141. The minimum atomic E-state index is -1.11. The summed E-state index contributed by atoms with van der Waals surface area (Å²) in [4.78, 5) is 35.9. The molecule has 0 saturated carbocycles. The van der Waals surface area contributed by atoms with Gasteiger partial charge in [-0.3, -0.25) is 9.59 Å². The van der Waals surface area contributed by atoms with Gasteiger partial charge in [-0.15, -0.1) is 0 Å². The topological polar surface area (TPSA) is 95.5 Å². The van der Waals surface area contributed by atoms with Crippen molar-refractivity contribution in [3.63, 3.8) is 0 Å². The van der Waals surface area contributed by atoms with E-state index in [-0.39, 0.29) is 18.4 Å². The summed E-state index contributed by atoms with van der Waals surface area (Å²) < 4.78 is 0. The van der Waals surface area contributed by atoms with Crippen molar-refractivity contribution in [2.75, 3.05) is 6.54 Å². The Bertz CT molecular complexity index is 611. The zero-order valence-corrected chi connectivity index (χ0v) is 27.3. The molecule has 1 unspecified atom stereocenters. The molecule has 6 nitrogen and oxygen atoms in total. The van der Waals surface area contributed by atoms with Gasteiger partial charge in [0.05, 0.1) is 0 Å². The van der Waals surface area contributed by atoms with Gasteiger partial charge in [0.2, 0.25) is 11.8 Å². The SMILES string of the molecule is CCCCCCCCCCCCCCCCCC(=O)NCC(NC(=O)CCCCCCCCCCCCC)C(=O)O. The zero-order chi connectivity index (χ0) is 30.2. The largest absolute Gasteiger partial charge is 0.480 e. The van der Waals surface area contributed by atoms with E-state index in [0.29, 0.717) is 12.8 Å². The number of hydrogen-bond donors (Lipinski definition) is 3. The minimum absolute atomic E-state index is 0.0586. The number of carboxylic acids is 1. The second-order valence-corrected chi connectivity index (χ2v) is 12.2. The van der Waals surface area contributed by atoms with Crippen LogP contribution in [0.2, 0.25) is 0 Å². The quantitative estimate of drug-likeness (QED) is 0.0690. The molecule has 0 aliphatic heterocycles. The average molecular weight is 581 g/mol. The van der Waals surface area contributed by atoms with Crippen LogP contribution in [-0.2, 0) is 14.4 Å². The Morgan fingerprint density at radius 3 is 1.07 bits per heavy atom. The molecule has 0 bridgehead atoms. The van der Waals surface area contributed by atoms with E-state index in [9.17, 15) is 19.5 Å². The highest BCUT2D eigenvalue weighted by Gasteiger charge is 2.20. The van der Waals surface area contributed by atoms with Crippen LogP contribution >= 0.6 is 0 Å². The molecule has 1 atom stereocenters. The monoisotopic (exact) mass is 581 g/mol. The van der Waals surface area contributed by atoms with E-state index in [2.05, 4.69) is 24.5 Å². The summed E-state index contributed by atoms with van der Waals surface area (Å²) in [7, 11) is 0. The van der Waals surface area contributed by atoms with Gasteiger partial charge >= 0.3 is 5.97 Å². The Morgan fingerprint density at radius 1 is 0.463 bits per heavy atom. The Balaban J connectivity index is 3.64. The van der Waals surface area contributed by atoms with E-state index in [1.807, 2.05) is 0 Å². The van der Waals surface area contributed by atoms with Crippen LogP contribution in [0, 0.1) is 0 Å². The first-order valence-corrected chi connectivity index (χ1v) is 17.8. The highest BCUT2D eigenvalue weighted by molar-refractivity contribution is 5.84. The summed E-state index contributed by atoms with van der Waals surface area (Å²) >= 11 is 0. The Hall–Kier alpha value is -1.59. The normalized spacial score (nSPS) is 11.9. The standard InChI is InChI=1S/C35H68N2O4/c1-3-5-7-9-11-13-15-16-17-18-20-21-23-25-27-29-33(38)36-31-32(35(40)41)37-34(39)30-28-26-24-22-19-14-12-10-8-6-4-2/h32H,3-31H2,1-2H3,(H,36,38)(H,37,39)(H,40,41). The number of carbonyl (C=O) groups excluding carboxylic acids is 2. The molecular weight excluding hydrogens is 512 g/mol. The van der Waals surface area contributed by atoms with Gasteiger partial charge in [-0.05, 0) is 12.8 Å². The van der Waals surface area contributed by atoms with Crippen LogP contribution in [0.15, 0.2) is 0 Å². The molecule has 0 heterocycles. The summed E-state index contributed by atoms with van der Waals surface area (Å²) in [6.45, 7) is 4.44. The fourth-order valence-electron chi connectivity index (χ4n) is 5.38. The fraction of sp³-hybridized carbons (Fsp3) is 0.914. The number of aliphatic carboxylic acids is 1. The predicted molar refractivity (Wildman–Crippen MR) is 173 cm³/mol. The van der Waals surface area contributed by atoms with Crippen LogP contribution in [0.5, 0.6) is 0 Å². The van der Waals surface area contributed by atoms with Crippen LogP contribution in [0.25, 0.3) is 0 Å². The lowest BCUT2D eigenvalue weighted by atomic mass is 10.0. The first-order valence-electron chi connectivity index (χ1n) is 17.8. The first-order chi connectivity index (χ1) is 20.0. The van der Waals surface area contributed by atoms with E-state index in [4.69, 9.17) is 0 Å². The number of nitrogens with one attached hydrogen (secondary N) is 2. The molecule has 0 aliphatic carbocycles. The molecule has 6 heteroatoms. The molecule has 2 amide bonds. The highest BCUT2D eigenvalue weighted by atomic mass is 16.4. The lowest BCUT2D eigenvalue weighted by Crippen LogP contribution is -2.48. The van der Waals surface area contributed by atoms with Crippen LogP contribution < -0.4 is 10.6 Å². The molecule has 41 heavy (non-hydrogen) atoms. The second kappa shape index (κ2) is 31.3. The maximum atomic E-state index is 12.2. The van der Waals surface area contributed by atoms with Crippen molar-refractivity contribution in [2.45, 2.75) is 200 Å². The molecular formula is C35H68N2O4. The van der Waals surface area contributed by atoms with Crippen molar-refractivity contribution in [1.82, 2.24) is 10.6 Å². The molecule has 0 radical (unpaired) electrons. The van der Waals surface area contributed by atoms with E-state index in [1.54, 1.807) is 0 Å². The van der Waals surface area contributed by atoms with Gasteiger partial charge in [0.15, 0.2) is 0 Å². The summed E-state index contributed by atoms with van der Waals surface area (Å²) in [5.74, 6) is -1.49.